The third-order valence-electron chi connectivity index (χ3n) is 3.53. The van der Waals surface area contributed by atoms with Crippen LogP contribution in [0.4, 0.5) is 0 Å². The SMILES string of the molecule is CCNC(=NCC1(O)CCC1)N(C)Cc1ccc(Br)s1. The van der Waals surface area contributed by atoms with Crippen LogP contribution in [0.1, 0.15) is 31.1 Å². The zero-order valence-corrected chi connectivity index (χ0v) is 14.4. The topological polar surface area (TPSA) is 47.9 Å². The van der Waals surface area contributed by atoms with Gasteiger partial charge >= 0.3 is 0 Å². The fraction of sp³-hybridized carbons (Fsp3) is 0.643. The zero-order chi connectivity index (χ0) is 14.6. The highest BCUT2D eigenvalue weighted by molar-refractivity contribution is 9.11. The average Bonchev–Trinajstić information content (AvgIpc) is 2.77. The first-order chi connectivity index (χ1) is 9.52. The minimum absolute atomic E-state index is 0.494. The van der Waals surface area contributed by atoms with Gasteiger partial charge in [-0.3, -0.25) is 4.99 Å². The number of hydrogen-bond acceptors (Lipinski definition) is 3. The van der Waals surface area contributed by atoms with E-state index < -0.39 is 5.60 Å². The molecule has 1 aromatic heterocycles. The van der Waals surface area contributed by atoms with Gasteiger partial charge in [-0.15, -0.1) is 11.3 Å². The summed E-state index contributed by atoms with van der Waals surface area (Å²) in [5.41, 5.74) is -0.562. The maximum atomic E-state index is 10.1. The molecule has 2 rings (SSSR count). The summed E-state index contributed by atoms with van der Waals surface area (Å²) in [6, 6.07) is 4.18. The Balaban J connectivity index is 1.97. The van der Waals surface area contributed by atoms with E-state index in [0.717, 1.165) is 42.1 Å². The van der Waals surface area contributed by atoms with Crippen LogP contribution in [0.3, 0.4) is 0 Å². The van der Waals surface area contributed by atoms with Crippen LogP contribution >= 0.6 is 27.3 Å². The Kier molecular flexibility index (Phi) is 5.46. The number of halogens is 1. The molecule has 1 saturated carbocycles. The van der Waals surface area contributed by atoms with Gasteiger partial charge in [-0.2, -0.15) is 0 Å². The van der Waals surface area contributed by atoms with Crippen LogP contribution in [0.15, 0.2) is 20.9 Å². The van der Waals surface area contributed by atoms with Gasteiger partial charge in [0.05, 0.1) is 22.5 Å². The van der Waals surface area contributed by atoms with E-state index in [4.69, 9.17) is 0 Å². The Labute approximate surface area is 133 Å². The molecule has 0 spiro atoms. The smallest absolute Gasteiger partial charge is 0.194 e. The third kappa shape index (κ3) is 4.20. The lowest BCUT2D eigenvalue weighted by Gasteiger charge is -2.35. The highest BCUT2D eigenvalue weighted by atomic mass is 79.9. The highest BCUT2D eigenvalue weighted by Crippen LogP contribution is 2.31. The number of thiophene rings is 1. The van der Waals surface area contributed by atoms with Gasteiger partial charge in [0, 0.05) is 18.5 Å². The molecule has 2 N–H and O–H groups in total. The number of aliphatic imine (C=N–C) groups is 1. The van der Waals surface area contributed by atoms with Crippen LogP contribution in [-0.2, 0) is 6.54 Å². The molecule has 4 nitrogen and oxygen atoms in total. The minimum atomic E-state index is -0.562. The fourth-order valence-corrected chi connectivity index (χ4v) is 3.72. The zero-order valence-electron chi connectivity index (χ0n) is 12.0. The molecule has 0 saturated heterocycles. The molecule has 0 aliphatic heterocycles. The highest BCUT2D eigenvalue weighted by Gasteiger charge is 2.34. The maximum Gasteiger partial charge on any atom is 0.194 e. The molecular weight excluding hydrogens is 338 g/mol. The third-order valence-corrected chi connectivity index (χ3v) is 5.13. The summed E-state index contributed by atoms with van der Waals surface area (Å²) in [7, 11) is 2.03. The largest absolute Gasteiger partial charge is 0.388 e. The van der Waals surface area contributed by atoms with Gasteiger partial charge in [0.1, 0.15) is 0 Å². The number of hydrogen-bond donors (Lipinski definition) is 2. The Hall–Kier alpha value is -0.590. The van der Waals surface area contributed by atoms with E-state index in [1.54, 1.807) is 11.3 Å². The molecule has 0 bridgehead atoms. The van der Waals surface area contributed by atoms with E-state index in [2.05, 4.69) is 50.2 Å². The van der Waals surface area contributed by atoms with Gasteiger partial charge in [-0.25, -0.2) is 0 Å². The van der Waals surface area contributed by atoms with Crippen molar-refractivity contribution in [3.8, 4) is 0 Å². The molecule has 0 radical (unpaired) electrons. The van der Waals surface area contributed by atoms with Crippen molar-refractivity contribution in [2.45, 2.75) is 38.3 Å². The Morgan fingerprint density at radius 3 is 2.80 bits per heavy atom. The van der Waals surface area contributed by atoms with E-state index in [1.807, 2.05) is 7.05 Å². The van der Waals surface area contributed by atoms with Crippen molar-refractivity contribution in [2.24, 2.45) is 4.99 Å². The Bertz CT molecular complexity index is 471. The van der Waals surface area contributed by atoms with Gasteiger partial charge in [-0.05, 0) is 54.2 Å². The second-order valence-corrected chi connectivity index (χ2v) is 7.86. The first-order valence-electron chi connectivity index (χ1n) is 6.98. The second-order valence-electron chi connectivity index (χ2n) is 5.31. The molecule has 0 aromatic carbocycles. The van der Waals surface area contributed by atoms with E-state index in [0.29, 0.717) is 6.54 Å². The van der Waals surface area contributed by atoms with Crippen molar-refractivity contribution in [3.63, 3.8) is 0 Å². The number of aliphatic hydroxyl groups is 1. The van der Waals surface area contributed by atoms with E-state index in [-0.39, 0.29) is 0 Å². The van der Waals surface area contributed by atoms with Gasteiger partial charge in [0.15, 0.2) is 5.96 Å². The van der Waals surface area contributed by atoms with Crippen molar-refractivity contribution in [2.75, 3.05) is 20.1 Å². The number of nitrogens with one attached hydrogen (secondary N) is 1. The lowest BCUT2D eigenvalue weighted by Crippen LogP contribution is -2.43. The fourth-order valence-electron chi connectivity index (χ4n) is 2.18. The molecule has 1 aliphatic rings. The molecular formula is C14H22BrN3OS. The summed E-state index contributed by atoms with van der Waals surface area (Å²) in [6.45, 7) is 4.20. The molecule has 112 valence electrons. The Morgan fingerprint density at radius 1 is 1.55 bits per heavy atom. The van der Waals surface area contributed by atoms with E-state index in [9.17, 15) is 5.11 Å². The van der Waals surface area contributed by atoms with Crippen LogP contribution in [0.25, 0.3) is 0 Å². The minimum Gasteiger partial charge on any atom is -0.388 e. The summed E-state index contributed by atoms with van der Waals surface area (Å²) in [5.74, 6) is 0.859. The van der Waals surface area contributed by atoms with Gasteiger partial charge < -0.3 is 15.3 Å². The number of nitrogens with zero attached hydrogens (tertiary/aromatic N) is 2. The van der Waals surface area contributed by atoms with Crippen molar-refractivity contribution < 1.29 is 5.11 Å². The van der Waals surface area contributed by atoms with Crippen LogP contribution in [0.2, 0.25) is 0 Å². The molecule has 1 heterocycles. The summed E-state index contributed by atoms with van der Waals surface area (Å²) >= 11 is 5.22. The molecule has 0 unspecified atom stereocenters. The van der Waals surface area contributed by atoms with E-state index >= 15 is 0 Å². The normalized spacial score (nSPS) is 17.7. The Morgan fingerprint density at radius 2 is 2.30 bits per heavy atom. The summed E-state index contributed by atoms with van der Waals surface area (Å²) in [4.78, 5) is 7.97. The first kappa shape index (κ1) is 15.8. The molecule has 6 heteroatoms. The van der Waals surface area contributed by atoms with Crippen molar-refractivity contribution in [3.05, 3.63) is 20.8 Å². The quantitative estimate of drug-likeness (QED) is 0.627. The van der Waals surface area contributed by atoms with E-state index in [1.165, 1.54) is 4.88 Å². The summed E-state index contributed by atoms with van der Waals surface area (Å²) in [6.07, 6.45) is 2.86. The molecule has 1 fully saturated rings. The first-order valence-corrected chi connectivity index (χ1v) is 8.59. The van der Waals surface area contributed by atoms with Crippen LogP contribution < -0.4 is 5.32 Å². The monoisotopic (exact) mass is 359 g/mol. The van der Waals surface area contributed by atoms with Crippen LogP contribution in [-0.4, -0.2) is 41.7 Å². The van der Waals surface area contributed by atoms with Crippen LogP contribution in [0.5, 0.6) is 0 Å². The standard InChI is InChI=1S/C14H22BrN3OS/c1-3-16-13(17-10-14(19)7-4-8-14)18(2)9-11-5-6-12(15)20-11/h5-6,19H,3-4,7-10H2,1-2H3,(H,16,17). The summed E-state index contributed by atoms with van der Waals surface area (Å²) < 4.78 is 1.15. The summed E-state index contributed by atoms with van der Waals surface area (Å²) in [5, 5.41) is 13.4. The van der Waals surface area contributed by atoms with Crippen LogP contribution in [0, 0.1) is 0 Å². The molecule has 1 aromatic rings. The molecule has 1 aliphatic carbocycles. The predicted molar refractivity (Wildman–Crippen MR) is 88.3 cm³/mol. The lowest BCUT2D eigenvalue weighted by molar-refractivity contribution is -0.0237. The van der Waals surface area contributed by atoms with Crippen molar-refractivity contribution >= 4 is 33.2 Å². The maximum absolute atomic E-state index is 10.1. The van der Waals surface area contributed by atoms with Gasteiger partial charge in [-0.1, -0.05) is 0 Å². The lowest BCUT2D eigenvalue weighted by atomic mass is 9.80. The predicted octanol–water partition coefficient (Wildman–Crippen LogP) is 2.82. The van der Waals surface area contributed by atoms with Gasteiger partial charge in [0.25, 0.3) is 0 Å². The van der Waals surface area contributed by atoms with Gasteiger partial charge in [0.2, 0.25) is 0 Å². The molecule has 20 heavy (non-hydrogen) atoms. The van der Waals surface area contributed by atoms with Crippen molar-refractivity contribution in [1.82, 2.24) is 10.2 Å². The number of guanidine groups is 1. The van der Waals surface area contributed by atoms with Crippen molar-refractivity contribution in [1.29, 1.82) is 0 Å². The number of rotatable bonds is 5. The average molecular weight is 360 g/mol. The molecule has 0 atom stereocenters. The second kappa shape index (κ2) is 6.91. The molecule has 0 amide bonds.